The second kappa shape index (κ2) is 8.97. The summed E-state index contributed by atoms with van der Waals surface area (Å²) in [6, 6.07) is 4.10. The predicted molar refractivity (Wildman–Crippen MR) is 119 cm³/mol. The van der Waals surface area contributed by atoms with Gasteiger partial charge in [-0.2, -0.15) is 0 Å². The van der Waals surface area contributed by atoms with Crippen molar-refractivity contribution in [1.29, 1.82) is 5.41 Å². The number of halogens is 4. The van der Waals surface area contributed by atoms with E-state index in [1.807, 2.05) is 32.8 Å². The number of hydrogen-bond donors (Lipinski definition) is 4. The van der Waals surface area contributed by atoms with Crippen molar-refractivity contribution in [3.63, 3.8) is 0 Å². The summed E-state index contributed by atoms with van der Waals surface area (Å²) in [5.41, 5.74) is -0.610. The molecule has 0 amide bonds. The first kappa shape index (κ1) is 23.8. The molecule has 0 spiro atoms. The minimum absolute atomic E-state index is 0.0223. The highest BCUT2D eigenvalue weighted by Crippen LogP contribution is 2.28. The van der Waals surface area contributed by atoms with Gasteiger partial charge < -0.3 is 15.2 Å². The minimum Gasteiger partial charge on any atom is -0.355 e. The number of imidazole rings is 1. The highest BCUT2D eigenvalue weighted by Gasteiger charge is 2.24. The number of anilines is 2. The zero-order chi connectivity index (χ0) is 23.8. The van der Waals surface area contributed by atoms with Gasteiger partial charge in [-0.05, 0) is 43.8 Å². The third kappa shape index (κ3) is 4.98. The monoisotopic (exact) mass is 468 g/mol. The third-order valence-electron chi connectivity index (χ3n) is 4.76. The molecule has 0 aliphatic rings. The van der Waals surface area contributed by atoms with E-state index in [1.165, 1.54) is 6.07 Å². The molecule has 3 aromatic rings. The van der Waals surface area contributed by atoms with Crippen LogP contribution in [0.1, 0.15) is 19.4 Å². The van der Waals surface area contributed by atoms with E-state index in [-0.39, 0.29) is 38.7 Å². The summed E-state index contributed by atoms with van der Waals surface area (Å²) in [7, 11) is 3.90. The number of aromatic nitrogens is 2. The number of rotatable bonds is 7. The average molecular weight is 469 g/mol. The zero-order valence-corrected chi connectivity index (χ0v) is 18.8. The van der Waals surface area contributed by atoms with Gasteiger partial charge in [-0.15, -0.1) is 0 Å². The Kier molecular flexibility index (Phi) is 6.68. The second-order valence-corrected chi connectivity index (χ2v) is 8.95. The Labute approximate surface area is 188 Å². The zero-order valence-electron chi connectivity index (χ0n) is 18.0. The van der Waals surface area contributed by atoms with Gasteiger partial charge in [0.1, 0.15) is 11.3 Å². The summed E-state index contributed by atoms with van der Waals surface area (Å²) in [5, 5.41) is 22.0. The molecule has 0 aliphatic carbocycles. The smallest absolute Gasteiger partial charge is 0.201 e. The van der Waals surface area contributed by atoms with Crippen LogP contribution in [0.2, 0.25) is 5.02 Å². The molecule has 4 N–H and O–H groups in total. The lowest BCUT2D eigenvalue weighted by Crippen LogP contribution is -2.34. The van der Waals surface area contributed by atoms with Gasteiger partial charge in [0.2, 0.25) is 5.95 Å². The SMILES string of the molecule is CN(C)CC(C)(C)CNc1nc2c(F)c(F)cc(C(=N)N(O)c3ccc(F)c(Cl)c3)c2[nH]1. The fourth-order valence-corrected chi connectivity index (χ4v) is 3.64. The molecule has 0 radical (unpaired) electrons. The Morgan fingerprint density at radius 3 is 2.53 bits per heavy atom. The largest absolute Gasteiger partial charge is 0.355 e. The van der Waals surface area contributed by atoms with Crippen molar-refractivity contribution in [1.82, 2.24) is 14.9 Å². The average Bonchev–Trinajstić information content (AvgIpc) is 3.14. The van der Waals surface area contributed by atoms with E-state index in [0.29, 0.717) is 11.6 Å². The van der Waals surface area contributed by atoms with Crippen molar-refractivity contribution in [2.45, 2.75) is 13.8 Å². The molecule has 2 aromatic carbocycles. The maximum absolute atomic E-state index is 14.4. The summed E-state index contributed by atoms with van der Waals surface area (Å²) in [5.74, 6) is -3.50. The van der Waals surface area contributed by atoms with E-state index in [2.05, 4.69) is 15.3 Å². The number of nitrogens with one attached hydrogen (secondary N) is 3. The summed E-state index contributed by atoms with van der Waals surface area (Å²) < 4.78 is 42.1. The van der Waals surface area contributed by atoms with Crippen LogP contribution in [0.15, 0.2) is 24.3 Å². The molecular formula is C21H24ClF3N6O. The molecule has 11 heteroatoms. The van der Waals surface area contributed by atoms with Crippen LogP contribution in [-0.4, -0.2) is 53.1 Å². The molecule has 1 aromatic heterocycles. The number of hydrogen-bond acceptors (Lipinski definition) is 5. The number of fused-ring (bicyclic) bond motifs is 1. The lowest BCUT2D eigenvalue weighted by Gasteiger charge is -2.28. The molecular weight excluding hydrogens is 445 g/mol. The van der Waals surface area contributed by atoms with Crippen molar-refractivity contribution in [2.75, 3.05) is 37.6 Å². The molecule has 7 nitrogen and oxygen atoms in total. The van der Waals surface area contributed by atoms with Crippen LogP contribution in [0, 0.1) is 28.3 Å². The number of benzene rings is 2. The van der Waals surface area contributed by atoms with Crippen molar-refractivity contribution < 1.29 is 18.4 Å². The van der Waals surface area contributed by atoms with E-state index < -0.39 is 23.3 Å². The lowest BCUT2D eigenvalue weighted by atomic mass is 9.93. The quantitative estimate of drug-likeness (QED) is 0.226. The van der Waals surface area contributed by atoms with Crippen LogP contribution in [-0.2, 0) is 0 Å². The molecule has 0 saturated carbocycles. The first-order valence-electron chi connectivity index (χ1n) is 9.69. The van der Waals surface area contributed by atoms with E-state index in [4.69, 9.17) is 17.0 Å². The highest BCUT2D eigenvalue weighted by molar-refractivity contribution is 6.31. The van der Waals surface area contributed by atoms with Crippen LogP contribution >= 0.6 is 11.6 Å². The Balaban J connectivity index is 1.95. The van der Waals surface area contributed by atoms with Crippen molar-refractivity contribution in [2.24, 2.45) is 5.41 Å². The van der Waals surface area contributed by atoms with E-state index >= 15 is 0 Å². The molecule has 0 saturated heterocycles. The van der Waals surface area contributed by atoms with E-state index in [0.717, 1.165) is 24.7 Å². The van der Waals surface area contributed by atoms with Gasteiger partial charge in [-0.3, -0.25) is 10.6 Å². The Morgan fingerprint density at radius 2 is 1.91 bits per heavy atom. The van der Waals surface area contributed by atoms with Crippen LogP contribution < -0.4 is 10.4 Å². The van der Waals surface area contributed by atoms with Gasteiger partial charge in [0.05, 0.1) is 16.2 Å². The van der Waals surface area contributed by atoms with Crippen LogP contribution in [0.3, 0.4) is 0 Å². The summed E-state index contributed by atoms with van der Waals surface area (Å²) in [6.45, 7) is 5.35. The summed E-state index contributed by atoms with van der Waals surface area (Å²) in [6.07, 6.45) is 0. The molecule has 0 fully saturated rings. The molecule has 1 heterocycles. The van der Waals surface area contributed by atoms with Crippen molar-refractivity contribution in [3.05, 3.63) is 52.3 Å². The molecule has 32 heavy (non-hydrogen) atoms. The van der Waals surface area contributed by atoms with Gasteiger partial charge in [0.15, 0.2) is 17.5 Å². The summed E-state index contributed by atoms with van der Waals surface area (Å²) >= 11 is 5.74. The Morgan fingerprint density at radius 1 is 1.22 bits per heavy atom. The number of aromatic amines is 1. The third-order valence-corrected chi connectivity index (χ3v) is 5.04. The number of nitrogens with zero attached hydrogens (tertiary/aromatic N) is 3. The Hall–Kier alpha value is -2.82. The predicted octanol–water partition coefficient (Wildman–Crippen LogP) is 4.85. The van der Waals surface area contributed by atoms with Crippen molar-refractivity contribution in [3.8, 4) is 0 Å². The maximum Gasteiger partial charge on any atom is 0.201 e. The van der Waals surface area contributed by atoms with Crippen LogP contribution in [0.5, 0.6) is 0 Å². The van der Waals surface area contributed by atoms with Gasteiger partial charge >= 0.3 is 0 Å². The first-order chi connectivity index (χ1) is 14.9. The molecule has 0 unspecified atom stereocenters. The topological polar surface area (TPSA) is 91.3 Å². The lowest BCUT2D eigenvalue weighted by molar-refractivity contribution is 0.254. The van der Waals surface area contributed by atoms with Crippen molar-refractivity contribution >= 4 is 40.1 Å². The number of hydroxylamine groups is 1. The van der Waals surface area contributed by atoms with Gasteiger partial charge in [-0.25, -0.2) is 23.2 Å². The van der Waals surface area contributed by atoms with Crippen LogP contribution in [0.4, 0.5) is 24.8 Å². The minimum atomic E-state index is -1.23. The van der Waals surface area contributed by atoms with Gasteiger partial charge in [0.25, 0.3) is 0 Å². The maximum atomic E-state index is 14.4. The molecule has 0 aliphatic heterocycles. The summed E-state index contributed by atoms with van der Waals surface area (Å²) in [4.78, 5) is 8.99. The number of H-pyrrole nitrogens is 1. The van der Waals surface area contributed by atoms with E-state index in [1.54, 1.807) is 0 Å². The normalized spacial score (nSPS) is 11.9. The molecule has 3 rings (SSSR count). The van der Waals surface area contributed by atoms with Gasteiger partial charge in [-0.1, -0.05) is 25.4 Å². The fraction of sp³-hybridized carbons (Fsp3) is 0.333. The second-order valence-electron chi connectivity index (χ2n) is 8.54. The van der Waals surface area contributed by atoms with Crippen LogP contribution in [0.25, 0.3) is 11.0 Å². The highest BCUT2D eigenvalue weighted by atomic mass is 35.5. The molecule has 172 valence electrons. The fourth-order valence-electron chi connectivity index (χ4n) is 3.47. The molecule has 0 atom stereocenters. The number of amidine groups is 1. The first-order valence-corrected chi connectivity index (χ1v) is 10.1. The van der Waals surface area contributed by atoms with Gasteiger partial charge in [0, 0.05) is 18.7 Å². The molecule has 0 bridgehead atoms. The standard InChI is InChI=1S/C21H24ClF3N6O/c1-21(2,10-30(3)4)9-27-20-28-17-12(8-15(24)16(25)18(17)29-20)19(26)31(32)11-5-6-14(23)13(22)7-11/h5-8,26,32H,9-10H2,1-4H3,(H2,27,28,29). The Bertz CT molecular complexity index is 1160. The van der Waals surface area contributed by atoms with E-state index in [9.17, 15) is 18.4 Å².